The van der Waals surface area contributed by atoms with Crippen LogP contribution >= 0.6 is 0 Å². The van der Waals surface area contributed by atoms with Gasteiger partial charge >= 0.3 is 0 Å². The number of hydrogen-bond acceptors (Lipinski definition) is 2. The van der Waals surface area contributed by atoms with Crippen molar-refractivity contribution in [1.82, 2.24) is 0 Å². The summed E-state index contributed by atoms with van der Waals surface area (Å²) in [5.41, 5.74) is 7.95. The van der Waals surface area contributed by atoms with Crippen molar-refractivity contribution in [2.24, 2.45) is 11.1 Å². The van der Waals surface area contributed by atoms with Crippen molar-refractivity contribution in [2.75, 3.05) is 6.54 Å². The highest BCUT2D eigenvalue weighted by Crippen LogP contribution is 2.38. The molecule has 1 saturated carbocycles. The van der Waals surface area contributed by atoms with Crippen molar-refractivity contribution in [3.05, 3.63) is 35.4 Å². The summed E-state index contributed by atoms with van der Waals surface area (Å²) in [5.74, 6) is 0.335. The van der Waals surface area contributed by atoms with E-state index in [0.717, 1.165) is 31.2 Å². The lowest BCUT2D eigenvalue weighted by molar-refractivity contribution is -0.127. The van der Waals surface area contributed by atoms with Crippen molar-refractivity contribution in [3.63, 3.8) is 0 Å². The second kappa shape index (κ2) is 5.01. The fraction of sp³-hybridized carbons (Fsp3) is 0.533. The Morgan fingerprint density at radius 1 is 1.24 bits per heavy atom. The van der Waals surface area contributed by atoms with Crippen LogP contribution in [0.25, 0.3) is 0 Å². The summed E-state index contributed by atoms with van der Waals surface area (Å²) >= 11 is 0. The molecule has 2 N–H and O–H groups in total. The van der Waals surface area contributed by atoms with Crippen LogP contribution in [0.3, 0.4) is 0 Å². The van der Waals surface area contributed by atoms with Crippen molar-refractivity contribution in [2.45, 2.75) is 39.0 Å². The molecule has 17 heavy (non-hydrogen) atoms. The first kappa shape index (κ1) is 12.3. The van der Waals surface area contributed by atoms with Crippen LogP contribution in [-0.4, -0.2) is 12.3 Å². The summed E-state index contributed by atoms with van der Waals surface area (Å²) in [6, 6.07) is 8.22. The van der Waals surface area contributed by atoms with Gasteiger partial charge in [-0.2, -0.15) is 0 Å². The quantitative estimate of drug-likeness (QED) is 0.865. The zero-order chi connectivity index (χ0) is 12.3. The molecule has 0 radical (unpaired) electrons. The van der Waals surface area contributed by atoms with E-state index in [4.69, 9.17) is 5.73 Å². The van der Waals surface area contributed by atoms with E-state index >= 15 is 0 Å². The monoisotopic (exact) mass is 231 g/mol. The molecular weight excluding hydrogens is 210 g/mol. The summed E-state index contributed by atoms with van der Waals surface area (Å²) in [5, 5.41) is 0. The molecule has 0 aliphatic heterocycles. The lowest BCUT2D eigenvalue weighted by atomic mass is 9.79. The minimum absolute atomic E-state index is 0.217. The molecule has 2 rings (SSSR count). The van der Waals surface area contributed by atoms with E-state index < -0.39 is 0 Å². The fourth-order valence-electron chi connectivity index (χ4n) is 2.73. The standard InChI is InChI=1S/C15H21NO/c1-12-4-6-13(7-5-12)10-14(17)15(11-16)8-2-3-9-15/h4-7H,2-3,8-11,16H2,1H3. The van der Waals surface area contributed by atoms with E-state index in [1.807, 2.05) is 12.1 Å². The zero-order valence-electron chi connectivity index (χ0n) is 10.5. The first-order valence-corrected chi connectivity index (χ1v) is 6.45. The molecule has 1 aromatic rings. The lowest BCUT2D eigenvalue weighted by Gasteiger charge is -2.25. The number of ketones is 1. The van der Waals surface area contributed by atoms with Gasteiger partial charge in [-0.25, -0.2) is 0 Å². The fourth-order valence-corrected chi connectivity index (χ4v) is 2.73. The molecule has 92 valence electrons. The van der Waals surface area contributed by atoms with Crippen LogP contribution in [0.1, 0.15) is 36.8 Å². The molecule has 0 saturated heterocycles. The zero-order valence-corrected chi connectivity index (χ0v) is 10.5. The van der Waals surface area contributed by atoms with Crippen LogP contribution in [0.2, 0.25) is 0 Å². The maximum absolute atomic E-state index is 12.4. The van der Waals surface area contributed by atoms with E-state index in [-0.39, 0.29) is 5.41 Å². The van der Waals surface area contributed by atoms with Gasteiger partial charge in [0, 0.05) is 18.4 Å². The van der Waals surface area contributed by atoms with E-state index in [2.05, 4.69) is 19.1 Å². The third kappa shape index (κ3) is 2.58. The van der Waals surface area contributed by atoms with E-state index in [0.29, 0.717) is 18.7 Å². The molecule has 0 amide bonds. The minimum atomic E-state index is -0.217. The second-order valence-corrected chi connectivity index (χ2v) is 5.28. The molecule has 0 heterocycles. The Balaban J connectivity index is 2.08. The van der Waals surface area contributed by atoms with E-state index in [1.165, 1.54) is 5.56 Å². The SMILES string of the molecule is Cc1ccc(CC(=O)C2(CN)CCCC2)cc1. The van der Waals surface area contributed by atoms with Gasteiger partial charge in [-0.05, 0) is 25.3 Å². The molecule has 0 aromatic heterocycles. The largest absolute Gasteiger partial charge is 0.329 e. The molecular formula is C15H21NO. The number of Topliss-reactive ketones (excluding diaryl/α,β-unsaturated/α-hetero) is 1. The van der Waals surface area contributed by atoms with Gasteiger partial charge in [-0.1, -0.05) is 42.7 Å². The first-order valence-electron chi connectivity index (χ1n) is 6.45. The van der Waals surface area contributed by atoms with Crippen LogP contribution in [0.15, 0.2) is 24.3 Å². The van der Waals surface area contributed by atoms with Crippen molar-refractivity contribution >= 4 is 5.78 Å². The normalized spacial score (nSPS) is 18.2. The number of nitrogens with two attached hydrogens (primary N) is 1. The smallest absolute Gasteiger partial charge is 0.144 e. The van der Waals surface area contributed by atoms with E-state index in [1.54, 1.807) is 0 Å². The molecule has 0 atom stereocenters. The molecule has 1 aliphatic rings. The average Bonchev–Trinajstić information content (AvgIpc) is 2.82. The third-order valence-electron chi connectivity index (χ3n) is 4.03. The Kier molecular flexibility index (Phi) is 3.63. The van der Waals surface area contributed by atoms with Gasteiger partial charge in [0.05, 0.1) is 0 Å². The van der Waals surface area contributed by atoms with Crippen LogP contribution in [-0.2, 0) is 11.2 Å². The maximum atomic E-state index is 12.4. The summed E-state index contributed by atoms with van der Waals surface area (Å²) < 4.78 is 0. The lowest BCUT2D eigenvalue weighted by Crippen LogP contribution is -2.37. The van der Waals surface area contributed by atoms with Crippen LogP contribution in [0, 0.1) is 12.3 Å². The molecule has 1 fully saturated rings. The molecule has 2 heteroatoms. The molecule has 2 nitrogen and oxygen atoms in total. The van der Waals surface area contributed by atoms with Gasteiger partial charge in [0.25, 0.3) is 0 Å². The van der Waals surface area contributed by atoms with Gasteiger partial charge < -0.3 is 5.73 Å². The van der Waals surface area contributed by atoms with Gasteiger partial charge in [-0.15, -0.1) is 0 Å². The highest BCUT2D eigenvalue weighted by molar-refractivity contribution is 5.87. The summed E-state index contributed by atoms with van der Waals surface area (Å²) in [4.78, 5) is 12.4. The molecule has 0 spiro atoms. The maximum Gasteiger partial charge on any atom is 0.144 e. The number of hydrogen-bond donors (Lipinski definition) is 1. The van der Waals surface area contributed by atoms with E-state index in [9.17, 15) is 4.79 Å². The van der Waals surface area contributed by atoms with Gasteiger partial charge in [-0.3, -0.25) is 4.79 Å². The Labute approximate surface area is 103 Å². The average molecular weight is 231 g/mol. The Morgan fingerprint density at radius 2 is 1.82 bits per heavy atom. The molecule has 1 aliphatic carbocycles. The number of aryl methyl sites for hydroxylation is 1. The predicted octanol–water partition coefficient (Wildman–Crippen LogP) is 2.63. The van der Waals surface area contributed by atoms with Gasteiger partial charge in [0.1, 0.15) is 5.78 Å². The van der Waals surface area contributed by atoms with Crippen molar-refractivity contribution < 1.29 is 4.79 Å². The Bertz CT molecular complexity index is 388. The second-order valence-electron chi connectivity index (χ2n) is 5.28. The Morgan fingerprint density at radius 3 is 2.35 bits per heavy atom. The summed E-state index contributed by atoms with van der Waals surface area (Å²) in [6.07, 6.45) is 4.80. The minimum Gasteiger partial charge on any atom is -0.329 e. The van der Waals surface area contributed by atoms with Gasteiger partial charge in [0.2, 0.25) is 0 Å². The first-order chi connectivity index (χ1) is 8.16. The van der Waals surface area contributed by atoms with Crippen LogP contribution in [0.5, 0.6) is 0 Å². The van der Waals surface area contributed by atoms with Gasteiger partial charge in [0.15, 0.2) is 0 Å². The number of carbonyl (C=O) groups is 1. The van der Waals surface area contributed by atoms with Crippen LogP contribution < -0.4 is 5.73 Å². The summed E-state index contributed by atoms with van der Waals surface area (Å²) in [6.45, 7) is 2.57. The summed E-state index contributed by atoms with van der Waals surface area (Å²) in [7, 11) is 0. The number of carbonyl (C=O) groups excluding carboxylic acids is 1. The third-order valence-corrected chi connectivity index (χ3v) is 4.03. The number of rotatable bonds is 4. The van der Waals surface area contributed by atoms with Crippen LogP contribution in [0.4, 0.5) is 0 Å². The topological polar surface area (TPSA) is 43.1 Å². The highest BCUT2D eigenvalue weighted by atomic mass is 16.1. The number of benzene rings is 1. The van der Waals surface area contributed by atoms with Crippen molar-refractivity contribution in [3.8, 4) is 0 Å². The predicted molar refractivity (Wildman–Crippen MR) is 69.8 cm³/mol. The highest BCUT2D eigenvalue weighted by Gasteiger charge is 2.38. The molecule has 1 aromatic carbocycles. The van der Waals surface area contributed by atoms with Crippen molar-refractivity contribution in [1.29, 1.82) is 0 Å². The molecule has 0 bridgehead atoms. The molecule has 0 unspecified atom stereocenters. The Hall–Kier alpha value is -1.15.